The van der Waals surface area contributed by atoms with Gasteiger partial charge in [-0.15, -0.1) is 0 Å². The number of amides is 4. The second-order valence-corrected chi connectivity index (χ2v) is 11.3. The summed E-state index contributed by atoms with van der Waals surface area (Å²) in [7, 11) is 0. The number of hydrogen-bond donors (Lipinski definition) is 5. The van der Waals surface area contributed by atoms with Crippen LogP contribution < -0.4 is 16.0 Å². The maximum absolute atomic E-state index is 13.6. The molecule has 0 bridgehead atoms. The van der Waals surface area contributed by atoms with E-state index in [0.717, 1.165) is 5.56 Å². The molecule has 4 amide bonds. The maximum Gasteiger partial charge on any atom is 0.326 e. The Morgan fingerprint density at radius 3 is 1.93 bits per heavy atom. The molecule has 12 heteroatoms. The summed E-state index contributed by atoms with van der Waals surface area (Å²) in [6, 6.07) is 12.9. The SMILES string of the molecule is CC(C)C[C@H](NC(=O)Cc1ccccc1)C(=O)N[C@@H](CC(=O)O)C(=O)N[C@@H](Cc1ccccc1)C(=O)N1CCC[C@@H]1C(=O)O. The van der Waals surface area contributed by atoms with Crippen LogP contribution in [-0.4, -0.2) is 81.4 Å². The van der Waals surface area contributed by atoms with E-state index >= 15 is 0 Å². The van der Waals surface area contributed by atoms with Gasteiger partial charge in [0.1, 0.15) is 24.2 Å². The summed E-state index contributed by atoms with van der Waals surface area (Å²) in [5, 5.41) is 26.9. The predicted molar refractivity (Wildman–Crippen MR) is 160 cm³/mol. The molecule has 1 fully saturated rings. The molecule has 44 heavy (non-hydrogen) atoms. The zero-order chi connectivity index (χ0) is 32.2. The molecule has 2 aromatic rings. The van der Waals surface area contributed by atoms with Crippen LogP contribution in [0.25, 0.3) is 0 Å². The van der Waals surface area contributed by atoms with E-state index < -0.39 is 66.2 Å². The molecule has 1 saturated heterocycles. The molecular weight excluding hydrogens is 568 g/mol. The molecule has 1 aliphatic heterocycles. The zero-order valence-electron chi connectivity index (χ0n) is 24.9. The minimum absolute atomic E-state index is 0.0213. The van der Waals surface area contributed by atoms with Crippen molar-refractivity contribution in [2.45, 2.75) is 76.5 Å². The Morgan fingerprint density at radius 1 is 0.795 bits per heavy atom. The summed E-state index contributed by atoms with van der Waals surface area (Å²) in [5.74, 6) is -5.22. The van der Waals surface area contributed by atoms with E-state index in [9.17, 15) is 39.0 Å². The minimum atomic E-state index is -1.57. The lowest BCUT2D eigenvalue weighted by molar-refractivity contribution is -0.149. The number of carbonyl (C=O) groups excluding carboxylic acids is 4. The van der Waals surface area contributed by atoms with Crippen LogP contribution in [0.1, 0.15) is 50.7 Å². The number of carbonyl (C=O) groups is 6. The van der Waals surface area contributed by atoms with Crippen LogP contribution in [0.4, 0.5) is 0 Å². The van der Waals surface area contributed by atoms with Gasteiger partial charge in [-0.05, 0) is 36.3 Å². The van der Waals surface area contributed by atoms with Gasteiger partial charge in [-0.2, -0.15) is 0 Å². The summed E-state index contributed by atoms with van der Waals surface area (Å²) >= 11 is 0. The third-order valence-electron chi connectivity index (χ3n) is 7.30. The molecule has 236 valence electrons. The molecule has 0 saturated carbocycles. The van der Waals surface area contributed by atoms with Crippen LogP contribution in [0.5, 0.6) is 0 Å². The Bertz CT molecular complexity index is 1320. The normalized spacial score (nSPS) is 16.4. The van der Waals surface area contributed by atoms with Gasteiger partial charge < -0.3 is 31.1 Å². The molecule has 5 N–H and O–H groups in total. The van der Waals surface area contributed by atoms with Gasteiger partial charge in [-0.25, -0.2) is 4.79 Å². The number of carboxylic acid groups (broad SMARTS) is 2. The maximum atomic E-state index is 13.6. The van der Waals surface area contributed by atoms with Crippen LogP contribution in [0.15, 0.2) is 60.7 Å². The van der Waals surface area contributed by atoms with Crippen molar-refractivity contribution >= 4 is 35.6 Å². The highest BCUT2D eigenvalue weighted by atomic mass is 16.4. The van der Waals surface area contributed by atoms with Crippen molar-refractivity contribution in [1.29, 1.82) is 0 Å². The summed E-state index contributed by atoms with van der Waals surface area (Å²) in [6.45, 7) is 3.91. The Balaban J connectivity index is 1.79. The number of nitrogens with one attached hydrogen (secondary N) is 3. The van der Waals surface area contributed by atoms with Gasteiger partial charge in [0.05, 0.1) is 12.8 Å². The number of rotatable bonds is 15. The molecule has 0 aliphatic carbocycles. The van der Waals surface area contributed by atoms with Gasteiger partial charge >= 0.3 is 11.9 Å². The van der Waals surface area contributed by atoms with Crippen molar-refractivity contribution in [2.75, 3.05) is 6.54 Å². The highest BCUT2D eigenvalue weighted by Gasteiger charge is 2.39. The van der Waals surface area contributed by atoms with E-state index in [1.54, 1.807) is 54.6 Å². The van der Waals surface area contributed by atoms with Crippen molar-refractivity contribution in [3.05, 3.63) is 71.8 Å². The fraction of sp³-hybridized carbons (Fsp3) is 0.438. The van der Waals surface area contributed by atoms with Gasteiger partial charge in [-0.1, -0.05) is 74.5 Å². The molecule has 0 unspecified atom stereocenters. The van der Waals surface area contributed by atoms with Crippen LogP contribution in [0, 0.1) is 5.92 Å². The first-order valence-corrected chi connectivity index (χ1v) is 14.7. The summed E-state index contributed by atoms with van der Waals surface area (Å²) in [6.07, 6.45) is 0.260. The quantitative estimate of drug-likeness (QED) is 0.202. The van der Waals surface area contributed by atoms with Crippen LogP contribution >= 0.6 is 0 Å². The van der Waals surface area contributed by atoms with Gasteiger partial charge in [0.25, 0.3) is 0 Å². The van der Waals surface area contributed by atoms with Crippen molar-refractivity contribution in [2.24, 2.45) is 5.92 Å². The Kier molecular flexibility index (Phi) is 12.4. The minimum Gasteiger partial charge on any atom is -0.481 e. The largest absolute Gasteiger partial charge is 0.481 e. The van der Waals surface area contributed by atoms with Gasteiger partial charge in [-0.3, -0.25) is 24.0 Å². The van der Waals surface area contributed by atoms with E-state index in [2.05, 4.69) is 16.0 Å². The summed E-state index contributed by atoms with van der Waals surface area (Å²) in [5.41, 5.74) is 1.43. The summed E-state index contributed by atoms with van der Waals surface area (Å²) in [4.78, 5) is 77.9. The average molecular weight is 609 g/mol. The fourth-order valence-electron chi connectivity index (χ4n) is 5.20. The number of likely N-dealkylation sites (tertiary alicyclic amines) is 1. The third-order valence-corrected chi connectivity index (χ3v) is 7.30. The van der Waals surface area contributed by atoms with Crippen LogP contribution in [0.2, 0.25) is 0 Å². The van der Waals surface area contributed by atoms with Crippen LogP contribution in [-0.2, 0) is 41.6 Å². The van der Waals surface area contributed by atoms with E-state index in [1.807, 2.05) is 19.9 Å². The standard InChI is InChI=1S/C32H40N4O8/c1-20(2)16-23(33-27(37)18-22-12-7-4-8-13-22)29(40)34-24(19-28(38)39)30(41)35-25(17-21-10-5-3-6-11-21)31(42)36-15-9-14-26(36)32(43)44/h3-8,10-13,20,23-26H,9,14-19H2,1-2H3,(H,33,37)(H,34,40)(H,35,41)(H,38,39)(H,43,44)/t23-,24-,25-,26+/m0/s1. The molecule has 1 aliphatic rings. The number of carboxylic acids is 2. The Morgan fingerprint density at radius 2 is 1.36 bits per heavy atom. The van der Waals surface area contributed by atoms with Gasteiger partial charge in [0.15, 0.2) is 0 Å². The molecule has 2 aromatic carbocycles. The smallest absolute Gasteiger partial charge is 0.326 e. The molecule has 12 nitrogen and oxygen atoms in total. The van der Waals surface area contributed by atoms with E-state index in [1.165, 1.54) is 4.90 Å². The van der Waals surface area contributed by atoms with Crippen molar-refractivity contribution < 1.29 is 39.0 Å². The first kappa shape index (κ1) is 33.8. The first-order chi connectivity index (χ1) is 20.9. The van der Waals surface area contributed by atoms with E-state index in [0.29, 0.717) is 12.0 Å². The first-order valence-electron chi connectivity index (χ1n) is 14.7. The zero-order valence-corrected chi connectivity index (χ0v) is 24.9. The molecule has 4 atom stereocenters. The van der Waals surface area contributed by atoms with Gasteiger partial charge in [0, 0.05) is 13.0 Å². The topological polar surface area (TPSA) is 182 Å². The van der Waals surface area contributed by atoms with E-state index in [-0.39, 0.29) is 38.1 Å². The van der Waals surface area contributed by atoms with Crippen molar-refractivity contribution in [3.63, 3.8) is 0 Å². The number of hydrogen-bond acceptors (Lipinski definition) is 6. The highest BCUT2D eigenvalue weighted by molar-refractivity contribution is 5.96. The second kappa shape index (κ2) is 16.2. The predicted octanol–water partition coefficient (Wildman–Crippen LogP) is 1.52. The third kappa shape index (κ3) is 10.2. The van der Waals surface area contributed by atoms with Crippen molar-refractivity contribution in [3.8, 4) is 0 Å². The lowest BCUT2D eigenvalue weighted by atomic mass is 10.0. The number of benzene rings is 2. The second-order valence-electron chi connectivity index (χ2n) is 11.3. The monoisotopic (exact) mass is 608 g/mol. The lowest BCUT2D eigenvalue weighted by Gasteiger charge is -2.29. The highest BCUT2D eigenvalue weighted by Crippen LogP contribution is 2.20. The molecule has 0 spiro atoms. The van der Waals surface area contributed by atoms with Gasteiger partial charge in [0.2, 0.25) is 23.6 Å². The molecular formula is C32H40N4O8. The molecule has 0 radical (unpaired) electrons. The average Bonchev–Trinajstić information content (AvgIpc) is 3.47. The Labute approximate surface area is 256 Å². The van der Waals surface area contributed by atoms with E-state index in [4.69, 9.17) is 0 Å². The van der Waals surface area contributed by atoms with Crippen molar-refractivity contribution in [1.82, 2.24) is 20.9 Å². The summed E-state index contributed by atoms with van der Waals surface area (Å²) < 4.78 is 0. The number of aliphatic carboxylic acids is 2. The lowest BCUT2D eigenvalue weighted by Crippen LogP contribution is -2.58. The van der Waals surface area contributed by atoms with Crippen LogP contribution in [0.3, 0.4) is 0 Å². The Hall–Kier alpha value is -4.74. The molecule has 3 rings (SSSR count). The fourth-order valence-corrected chi connectivity index (χ4v) is 5.20. The molecule has 1 heterocycles. The number of nitrogens with zero attached hydrogens (tertiary/aromatic N) is 1. The molecule has 0 aromatic heterocycles.